The van der Waals surface area contributed by atoms with Crippen LogP contribution in [0.25, 0.3) is 0 Å². The summed E-state index contributed by atoms with van der Waals surface area (Å²) >= 11 is 0. The van der Waals surface area contributed by atoms with Gasteiger partial charge in [0.25, 0.3) is 10.2 Å². The van der Waals surface area contributed by atoms with Crippen molar-refractivity contribution in [3.8, 4) is 0 Å². The Morgan fingerprint density at radius 1 is 1.21 bits per heavy atom. The molecule has 2 fully saturated rings. The van der Waals surface area contributed by atoms with Crippen molar-refractivity contribution in [1.29, 1.82) is 0 Å². The van der Waals surface area contributed by atoms with Gasteiger partial charge >= 0.3 is 0 Å². The van der Waals surface area contributed by atoms with E-state index in [2.05, 4.69) is 11.6 Å². The second kappa shape index (κ2) is 6.52. The Labute approximate surface area is 117 Å². The Bertz CT molecular complexity index is 385. The third kappa shape index (κ3) is 3.68. The van der Waals surface area contributed by atoms with Crippen molar-refractivity contribution in [1.82, 2.24) is 9.03 Å². The fourth-order valence-electron chi connectivity index (χ4n) is 3.35. The summed E-state index contributed by atoms with van der Waals surface area (Å²) < 4.78 is 29.1. The molecular weight excluding hydrogens is 262 g/mol. The second-order valence-corrected chi connectivity index (χ2v) is 7.73. The first-order chi connectivity index (χ1) is 9.04. The van der Waals surface area contributed by atoms with Crippen LogP contribution >= 0.6 is 0 Å². The van der Waals surface area contributed by atoms with Gasteiger partial charge in [-0.1, -0.05) is 26.2 Å². The normalized spacial score (nSPS) is 33.7. The van der Waals surface area contributed by atoms with Crippen molar-refractivity contribution < 1.29 is 8.42 Å². The zero-order chi connectivity index (χ0) is 13.9. The van der Waals surface area contributed by atoms with Crippen LogP contribution in [0, 0.1) is 11.8 Å². The zero-order valence-electron chi connectivity index (χ0n) is 11.8. The van der Waals surface area contributed by atoms with Gasteiger partial charge < -0.3 is 5.73 Å². The number of nitrogens with zero attached hydrogens (tertiary/aromatic N) is 1. The van der Waals surface area contributed by atoms with E-state index in [4.69, 9.17) is 5.73 Å². The molecule has 0 aromatic rings. The van der Waals surface area contributed by atoms with E-state index >= 15 is 0 Å². The lowest BCUT2D eigenvalue weighted by atomic mass is 9.99. The second-order valence-electron chi connectivity index (χ2n) is 6.02. The van der Waals surface area contributed by atoms with Crippen LogP contribution in [0.4, 0.5) is 0 Å². The van der Waals surface area contributed by atoms with E-state index in [9.17, 15) is 8.42 Å². The Hall–Kier alpha value is -0.170. The molecule has 0 radical (unpaired) electrons. The fourth-order valence-corrected chi connectivity index (χ4v) is 4.89. The van der Waals surface area contributed by atoms with Crippen molar-refractivity contribution in [2.75, 3.05) is 19.6 Å². The molecule has 0 bridgehead atoms. The van der Waals surface area contributed by atoms with Crippen LogP contribution in [-0.2, 0) is 10.2 Å². The zero-order valence-corrected chi connectivity index (χ0v) is 12.7. The lowest BCUT2D eigenvalue weighted by molar-refractivity contribution is 0.253. The van der Waals surface area contributed by atoms with Crippen LogP contribution in [0.15, 0.2) is 0 Å². The van der Waals surface area contributed by atoms with E-state index in [1.165, 1.54) is 12.8 Å². The molecule has 1 aliphatic carbocycles. The van der Waals surface area contributed by atoms with Crippen LogP contribution in [-0.4, -0.2) is 38.4 Å². The van der Waals surface area contributed by atoms with Gasteiger partial charge in [-0.05, 0) is 31.1 Å². The standard InChI is InChI=1S/C13H27N3O2S/c1-11-5-4-6-12(11)10-15-19(17,18)16-8-3-2-7-13(16)9-14/h11-13,15H,2-10,14H2,1H3. The minimum absolute atomic E-state index is 0.0211. The summed E-state index contributed by atoms with van der Waals surface area (Å²) in [4.78, 5) is 0. The van der Waals surface area contributed by atoms with Gasteiger partial charge in [0.15, 0.2) is 0 Å². The average Bonchev–Trinajstić information content (AvgIpc) is 2.82. The minimum Gasteiger partial charge on any atom is -0.329 e. The molecule has 0 aromatic heterocycles. The number of nitrogens with two attached hydrogens (primary N) is 1. The molecule has 2 rings (SSSR count). The van der Waals surface area contributed by atoms with Gasteiger partial charge in [-0.2, -0.15) is 12.7 Å². The van der Waals surface area contributed by atoms with Gasteiger partial charge in [0.05, 0.1) is 0 Å². The fraction of sp³-hybridized carbons (Fsp3) is 1.00. The van der Waals surface area contributed by atoms with Crippen molar-refractivity contribution in [2.24, 2.45) is 17.6 Å². The molecule has 3 unspecified atom stereocenters. The molecular formula is C13H27N3O2S. The Balaban J connectivity index is 1.93. The maximum Gasteiger partial charge on any atom is 0.279 e. The molecule has 2 aliphatic rings. The van der Waals surface area contributed by atoms with Crippen LogP contribution in [0.2, 0.25) is 0 Å². The Morgan fingerprint density at radius 2 is 2.00 bits per heavy atom. The largest absolute Gasteiger partial charge is 0.329 e. The summed E-state index contributed by atoms with van der Waals surface area (Å²) in [6, 6.07) is -0.0211. The number of rotatable bonds is 5. The highest BCUT2D eigenvalue weighted by Crippen LogP contribution is 2.30. The van der Waals surface area contributed by atoms with Crippen molar-refractivity contribution in [2.45, 2.75) is 51.5 Å². The topological polar surface area (TPSA) is 75.4 Å². The summed E-state index contributed by atoms with van der Waals surface area (Å²) in [5, 5.41) is 0. The molecule has 0 aromatic carbocycles. The van der Waals surface area contributed by atoms with Crippen LogP contribution in [0.5, 0.6) is 0 Å². The van der Waals surface area contributed by atoms with Gasteiger partial charge in [-0.25, -0.2) is 4.72 Å². The van der Waals surface area contributed by atoms with Crippen molar-refractivity contribution >= 4 is 10.2 Å². The third-order valence-electron chi connectivity index (χ3n) is 4.72. The minimum atomic E-state index is -3.35. The van der Waals surface area contributed by atoms with Gasteiger partial charge in [-0.15, -0.1) is 0 Å². The van der Waals surface area contributed by atoms with E-state index in [0.29, 0.717) is 31.5 Å². The van der Waals surface area contributed by atoms with Crippen LogP contribution in [0.1, 0.15) is 45.4 Å². The highest BCUT2D eigenvalue weighted by Gasteiger charge is 2.32. The summed E-state index contributed by atoms with van der Waals surface area (Å²) in [5.74, 6) is 1.13. The molecule has 3 N–H and O–H groups in total. The lowest BCUT2D eigenvalue weighted by Gasteiger charge is -2.34. The molecule has 0 amide bonds. The summed E-state index contributed by atoms with van der Waals surface area (Å²) in [6.45, 7) is 3.82. The predicted octanol–water partition coefficient (Wildman–Crippen LogP) is 1.07. The van der Waals surface area contributed by atoms with Gasteiger partial charge in [0, 0.05) is 25.7 Å². The van der Waals surface area contributed by atoms with E-state index in [-0.39, 0.29) is 6.04 Å². The van der Waals surface area contributed by atoms with Crippen LogP contribution < -0.4 is 10.5 Å². The van der Waals surface area contributed by atoms with Crippen molar-refractivity contribution in [3.05, 3.63) is 0 Å². The van der Waals surface area contributed by atoms with E-state index in [1.54, 1.807) is 4.31 Å². The molecule has 19 heavy (non-hydrogen) atoms. The smallest absolute Gasteiger partial charge is 0.279 e. The first-order valence-electron chi connectivity index (χ1n) is 7.51. The van der Waals surface area contributed by atoms with Gasteiger partial charge in [0.1, 0.15) is 0 Å². The molecule has 1 saturated carbocycles. The highest BCUT2D eigenvalue weighted by atomic mass is 32.2. The molecule has 3 atom stereocenters. The first kappa shape index (κ1) is 15.2. The first-order valence-corrected chi connectivity index (χ1v) is 8.95. The van der Waals surface area contributed by atoms with E-state index in [1.807, 2.05) is 0 Å². The van der Waals surface area contributed by atoms with E-state index in [0.717, 1.165) is 25.7 Å². The summed E-state index contributed by atoms with van der Waals surface area (Å²) in [7, 11) is -3.35. The molecule has 6 heteroatoms. The van der Waals surface area contributed by atoms with Gasteiger partial charge in [-0.3, -0.25) is 0 Å². The summed E-state index contributed by atoms with van der Waals surface area (Å²) in [6.07, 6.45) is 6.50. The molecule has 5 nitrogen and oxygen atoms in total. The Morgan fingerprint density at radius 3 is 2.63 bits per heavy atom. The molecule has 1 saturated heterocycles. The van der Waals surface area contributed by atoms with E-state index < -0.39 is 10.2 Å². The maximum absolute atomic E-state index is 12.4. The molecule has 1 heterocycles. The quantitative estimate of drug-likeness (QED) is 0.795. The van der Waals surface area contributed by atoms with Gasteiger partial charge in [0.2, 0.25) is 0 Å². The predicted molar refractivity (Wildman–Crippen MR) is 76.8 cm³/mol. The van der Waals surface area contributed by atoms with Crippen molar-refractivity contribution in [3.63, 3.8) is 0 Å². The molecule has 1 aliphatic heterocycles. The maximum atomic E-state index is 12.4. The molecule has 0 spiro atoms. The third-order valence-corrected chi connectivity index (χ3v) is 6.35. The Kier molecular flexibility index (Phi) is 5.22. The lowest BCUT2D eigenvalue weighted by Crippen LogP contribution is -2.52. The number of piperidine rings is 1. The van der Waals surface area contributed by atoms with Crippen LogP contribution in [0.3, 0.4) is 0 Å². The SMILES string of the molecule is CC1CCCC1CNS(=O)(=O)N1CCCCC1CN. The number of hydrogen-bond donors (Lipinski definition) is 2. The summed E-state index contributed by atoms with van der Waals surface area (Å²) in [5.41, 5.74) is 5.70. The number of hydrogen-bond acceptors (Lipinski definition) is 3. The highest BCUT2D eigenvalue weighted by molar-refractivity contribution is 7.87. The monoisotopic (exact) mass is 289 g/mol. The molecule has 112 valence electrons. The average molecular weight is 289 g/mol. The number of nitrogens with one attached hydrogen (secondary N) is 1.